The molecular weight excluding hydrogens is 663 g/mol. The van der Waals surface area contributed by atoms with Gasteiger partial charge in [-0.25, -0.2) is 15.0 Å². The lowest BCUT2D eigenvalue weighted by Gasteiger charge is -2.12. The zero-order valence-electron chi connectivity index (χ0n) is 28.5. The predicted molar refractivity (Wildman–Crippen MR) is 224 cm³/mol. The number of hydrogen-bond donors (Lipinski definition) is 0. The van der Waals surface area contributed by atoms with Crippen molar-refractivity contribution in [2.45, 2.75) is 0 Å². The van der Waals surface area contributed by atoms with E-state index in [0.717, 1.165) is 22.3 Å². The SMILES string of the molecule is c1ccc(-c2nc(-c3ccc(-c4ccc5ccccc5c4)cc3)nc(-c3cc4ccc5ccccc5c4c4sc5c6ccccc6ccc5c34)n2)cc1. The first-order chi connectivity index (χ1) is 26.2. The molecule has 0 amide bonds. The maximum Gasteiger partial charge on any atom is 0.164 e. The molecule has 0 aliphatic carbocycles. The molecule has 0 fully saturated rings. The second-order valence-corrected chi connectivity index (χ2v) is 14.6. The molecule has 0 aliphatic rings. The third-order valence-electron chi connectivity index (χ3n) is 10.5. The number of thiophene rings is 1. The van der Waals surface area contributed by atoms with Gasteiger partial charge in [0.15, 0.2) is 17.5 Å². The van der Waals surface area contributed by atoms with Crippen LogP contribution in [0, 0.1) is 0 Å². The Morgan fingerprint density at radius 2 is 0.849 bits per heavy atom. The summed E-state index contributed by atoms with van der Waals surface area (Å²) in [6, 6.07) is 62.6. The molecule has 2 aromatic heterocycles. The third-order valence-corrected chi connectivity index (χ3v) is 11.7. The first-order valence-electron chi connectivity index (χ1n) is 17.9. The molecule has 0 aliphatic heterocycles. The summed E-state index contributed by atoms with van der Waals surface area (Å²) in [7, 11) is 0. The van der Waals surface area contributed by atoms with Gasteiger partial charge in [0.1, 0.15) is 0 Å². The summed E-state index contributed by atoms with van der Waals surface area (Å²) in [6.45, 7) is 0. The van der Waals surface area contributed by atoms with E-state index >= 15 is 0 Å². The Hall–Kier alpha value is -6.75. The van der Waals surface area contributed by atoms with Gasteiger partial charge in [0, 0.05) is 42.2 Å². The minimum absolute atomic E-state index is 0.649. The highest BCUT2D eigenvalue weighted by atomic mass is 32.1. The molecule has 0 N–H and O–H groups in total. The molecule has 0 saturated carbocycles. The second kappa shape index (κ2) is 11.9. The van der Waals surface area contributed by atoms with Crippen LogP contribution in [-0.4, -0.2) is 15.0 Å². The van der Waals surface area contributed by atoms with Crippen LogP contribution in [0.1, 0.15) is 0 Å². The Morgan fingerprint density at radius 1 is 0.302 bits per heavy atom. The Labute approximate surface area is 309 Å². The first kappa shape index (κ1) is 29.9. The Kier molecular flexibility index (Phi) is 6.73. The number of nitrogens with zero attached hydrogens (tertiary/aromatic N) is 3. The fourth-order valence-electron chi connectivity index (χ4n) is 7.86. The van der Waals surface area contributed by atoms with Gasteiger partial charge in [-0.15, -0.1) is 11.3 Å². The molecule has 11 rings (SSSR count). The molecule has 0 bridgehead atoms. The van der Waals surface area contributed by atoms with Crippen molar-refractivity contribution in [2.24, 2.45) is 0 Å². The molecule has 0 atom stereocenters. The number of hydrogen-bond acceptors (Lipinski definition) is 4. The van der Waals surface area contributed by atoms with Crippen LogP contribution in [0.5, 0.6) is 0 Å². The van der Waals surface area contributed by atoms with Crippen molar-refractivity contribution in [1.82, 2.24) is 15.0 Å². The van der Waals surface area contributed by atoms with Gasteiger partial charge in [-0.3, -0.25) is 0 Å². The summed E-state index contributed by atoms with van der Waals surface area (Å²) < 4.78 is 2.53. The van der Waals surface area contributed by atoms with Crippen LogP contribution in [0.2, 0.25) is 0 Å². The Bertz CT molecular complexity index is 3220. The van der Waals surface area contributed by atoms with E-state index in [9.17, 15) is 0 Å². The maximum atomic E-state index is 5.29. The number of rotatable bonds is 4. The summed E-state index contributed by atoms with van der Waals surface area (Å²) >= 11 is 1.87. The highest BCUT2D eigenvalue weighted by Crippen LogP contribution is 2.47. The molecule has 0 saturated heterocycles. The monoisotopic (exact) mass is 691 g/mol. The van der Waals surface area contributed by atoms with E-state index in [0.29, 0.717) is 17.5 Å². The normalized spacial score (nSPS) is 11.8. The van der Waals surface area contributed by atoms with E-state index in [1.54, 1.807) is 0 Å². The molecule has 0 radical (unpaired) electrons. The lowest BCUT2D eigenvalue weighted by molar-refractivity contribution is 1.08. The number of aromatic nitrogens is 3. The average Bonchev–Trinajstić information content (AvgIpc) is 3.63. The average molecular weight is 692 g/mol. The minimum Gasteiger partial charge on any atom is -0.208 e. The van der Waals surface area contributed by atoms with Crippen LogP contribution in [0.3, 0.4) is 0 Å². The van der Waals surface area contributed by atoms with Crippen LogP contribution in [0.4, 0.5) is 0 Å². The topological polar surface area (TPSA) is 38.7 Å². The van der Waals surface area contributed by atoms with Crippen molar-refractivity contribution in [3.63, 3.8) is 0 Å². The second-order valence-electron chi connectivity index (χ2n) is 13.6. The van der Waals surface area contributed by atoms with E-state index in [-0.39, 0.29) is 0 Å². The fraction of sp³-hybridized carbons (Fsp3) is 0. The maximum absolute atomic E-state index is 5.29. The van der Waals surface area contributed by atoms with E-state index in [1.807, 2.05) is 29.5 Å². The van der Waals surface area contributed by atoms with Crippen LogP contribution in [0.15, 0.2) is 176 Å². The van der Waals surface area contributed by atoms with Crippen LogP contribution in [0.25, 0.3) is 109 Å². The van der Waals surface area contributed by atoms with E-state index < -0.39 is 0 Å². The van der Waals surface area contributed by atoms with Crippen LogP contribution >= 0.6 is 11.3 Å². The molecule has 11 aromatic rings. The van der Waals surface area contributed by atoms with Gasteiger partial charge in [0.2, 0.25) is 0 Å². The smallest absolute Gasteiger partial charge is 0.164 e. The van der Waals surface area contributed by atoms with Gasteiger partial charge in [-0.05, 0) is 61.0 Å². The Balaban J connectivity index is 1.16. The quantitative estimate of drug-likeness (QED) is 0.172. The van der Waals surface area contributed by atoms with Crippen molar-refractivity contribution in [2.75, 3.05) is 0 Å². The molecule has 0 unspecified atom stereocenters. The Morgan fingerprint density at radius 3 is 1.64 bits per heavy atom. The summed E-state index contributed by atoms with van der Waals surface area (Å²) in [6.07, 6.45) is 0. The third kappa shape index (κ3) is 4.91. The minimum atomic E-state index is 0.649. The zero-order chi connectivity index (χ0) is 34.9. The molecule has 246 valence electrons. The summed E-state index contributed by atoms with van der Waals surface area (Å²) in [5.41, 5.74) is 5.24. The molecule has 53 heavy (non-hydrogen) atoms. The van der Waals surface area contributed by atoms with Gasteiger partial charge in [-0.2, -0.15) is 0 Å². The summed E-state index contributed by atoms with van der Waals surface area (Å²) in [5.74, 6) is 1.97. The summed E-state index contributed by atoms with van der Waals surface area (Å²) in [4.78, 5) is 15.6. The van der Waals surface area contributed by atoms with Gasteiger partial charge >= 0.3 is 0 Å². The highest BCUT2D eigenvalue weighted by Gasteiger charge is 2.21. The largest absolute Gasteiger partial charge is 0.208 e. The molecular formula is C49H29N3S. The van der Waals surface area contributed by atoms with E-state index in [1.165, 1.54) is 68.8 Å². The van der Waals surface area contributed by atoms with Gasteiger partial charge in [0.05, 0.1) is 0 Å². The number of benzene rings is 9. The van der Waals surface area contributed by atoms with Gasteiger partial charge in [-0.1, -0.05) is 164 Å². The van der Waals surface area contributed by atoms with E-state index in [4.69, 9.17) is 15.0 Å². The van der Waals surface area contributed by atoms with E-state index in [2.05, 4.69) is 158 Å². The molecule has 9 aromatic carbocycles. The van der Waals surface area contributed by atoms with Crippen molar-refractivity contribution in [3.8, 4) is 45.3 Å². The molecule has 2 heterocycles. The standard InChI is InChI=1S/C49H29N3S/c1-2-13-34(14-3-1)47-50-48(35-22-18-31(19-23-35)37-24-20-30-10-4-5-15-36(30)28-37)52-49(51-47)42-29-38-25-21-32-11-6-8-16-39(32)43(38)46-44(42)41-27-26-33-12-7-9-17-40(33)45(41)53-46/h1-29H. The van der Waals surface area contributed by atoms with Crippen molar-refractivity contribution < 1.29 is 0 Å². The predicted octanol–water partition coefficient (Wildman–Crippen LogP) is 13.5. The van der Waals surface area contributed by atoms with Gasteiger partial charge in [0.25, 0.3) is 0 Å². The van der Waals surface area contributed by atoms with Crippen LogP contribution < -0.4 is 0 Å². The lowest BCUT2D eigenvalue weighted by Crippen LogP contribution is -2.00. The molecule has 4 heteroatoms. The first-order valence-corrected chi connectivity index (χ1v) is 18.7. The fourth-order valence-corrected chi connectivity index (χ4v) is 9.29. The highest BCUT2D eigenvalue weighted by molar-refractivity contribution is 7.27. The van der Waals surface area contributed by atoms with Crippen molar-refractivity contribution in [3.05, 3.63) is 176 Å². The number of fused-ring (bicyclic) bond motifs is 10. The molecule has 0 spiro atoms. The van der Waals surface area contributed by atoms with Crippen molar-refractivity contribution in [1.29, 1.82) is 0 Å². The summed E-state index contributed by atoms with van der Waals surface area (Å²) in [5, 5.41) is 12.3. The van der Waals surface area contributed by atoms with Crippen molar-refractivity contribution >= 4 is 74.6 Å². The van der Waals surface area contributed by atoms with Gasteiger partial charge < -0.3 is 0 Å². The molecule has 3 nitrogen and oxygen atoms in total. The van der Waals surface area contributed by atoms with Crippen LogP contribution in [-0.2, 0) is 0 Å². The lowest BCUT2D eigenvalue weighted by atomic mass is 9.95. The zero-order valence-corrected chi connectivity index (χ0v) is 29.3.